The fraction of sp³-hybridized carbons (Fsp3) is 1.00. The third kappa shape index (κ3) is 5.59. The summed E-state index contributed by atoms with van der Waals surface area (Å²) in [7, 11) is 0. The van der Waals surface area contributed by atoms with E-state index < -0.39 is 0 Å². The van der Waals surface area contributed by atoms with Gasteiger partial charge in [0.1, 0.15) is 0 Å². The predicted molar refractivity (Wildman–Crippen MR) is 56.4 cm³/mol. The maximum absolute atomic E-state index is 3.42. The fourth-order valence-corrected chi connectivity index (χ4v) is 1.45. The van der Waals surface area contributed by atoms with E-state index >= 15 is 0 Å². The molecule has 1 heterocycles. The number of rotatable bonds is 1. The molecule has 1 unspecified atom stereocenters. The zero-order valence-corrected chi connectivity index (χ0v) is 9.19. The average molecular weight is 171 g/mol. The molecule has 0 aromatic carbocycles. The second-order valence-electron chi connectivity index (χ2n) is 4.06. The third-order valence-corrected chi connectivity index (χ3v) is 2.28. The van der Waals surface area contributed by atoms with Crippen molar-refractivity contribution in [3.63, 3.8) is 0 Å². The van der Waals surface area contributed by atoms with Crippen molar-refractivity contribution in [1.29, 1.82) is 0 Å². The van der Waals surface area contributed by atoms with Crippen LogP contribution < -0.4 is 5.32 Å². The Balaban J connectivity index is 0.000000354. The molecular weight excluding hydrogens is 146 g/mol. The van der Waals surface area contributed by atoms with Crippen LogP contribution in [0.5, 0.6) is 0 Å². The van der Waals surface area contributed by atoms with Gasteiger partial charge in [0.25, 0.3) is 0 Å². The van der Waals surface area contributed by atoms with Crippen LogP contribution in [0.25, 0.3) is 0 Å². The topological polar surface area (TPSA) is 12.0 Å². The number of hydrogen-bond donors (Lipinski definition) is 1. The lowest BCUT2D eigenvalue weighted by molar-refractivity contribution is 0.296. The molecule has 1 N–H and O–H groups in total. The fourth-order valence-electron chi connectivity index (χ4n) is 1.45. The Morgan fingerprint density at radius 3 is 2.17 bits per heavy atom. The van der Waals surface area contributed by atoms with Crippen molar-refractivity contribution in [2.24, 2.45) is 11.8 Å². The quantitative estimate of drug-likeness (QED) is 0.639. The number of nitrogens with one attached hydrogen (secondary N) is 1. The molecule has 12 heavy (non-hydrogen) atoms. The summed E-state index contributed by atoms with van der Waals surface area (Å²) in [6.07, 6.45) is 4.06. The Hall–Kier alpha value is -0.0400. The SMILES string of the molecule is CC(C)C1CCCNC1.CCC. The summed E-state index contributed by atoms with van der Waals surface area (Å²) in [5, 5.41) is 3.42. The van der Waals surface area contributed by atoms with E-state index in [1.165, 1.54) is 32.4 Å². The monoisotopic (exact) mass is 171 g/mol. The van der Waals surface area contributed by atoms with Crippen LogP contribution >= 0.6 is 0 Å². The highest BCUT2D eigenvalue weighted by atomic mass is 14.9. The summed E-state index contributed by atoms with van der Waals surface area (Å²) in [5.74, 6) is 1.82. The van der Waals surface area contributed by atoms with Crippen molar-refractivity contribution in [2.45, 2.75) is 47.0 Å². The van der Waals surface area contributed by atoms with Crippen molar-refractivity contribution in [3.8, 4) is 0 Å². The summed E-state index contributed by atoms with van der Waals surface area (Å²) >= 11 is 0. The van der Waals surface area contributed by atoms with E-state index in [1.54, 1.807) is 0 Å². The van der Waals surface area contributed by atoms with Gasteiger partial charge in [0.05, 0.1) is 0 Å². The molecule has 0 saturated carbocycles. The van der Waals surface area contributed by atoms with Crippen molar-refractivity contribution in [2.75, 3.05) is 13.1 Å². The highest BCUT2D eigenvalue weighted by molar-refractivity contribution is 4.70. The number of hydrogen-bond acceptors (Lipinski definition) is 1. The molecule has 0 spiro atoms. The van der Waals surface area contributed by atoms with E-state index in [2.05, 4.69) is 33.0 Å². The van der Waals surface area contributed by atoms with Gasteiger partial charge in [-0.05, 0) is 37.8 Å². The minimum atomic E-state index is 0.873. The van der Waals surface area contributed by atoms with E-state index in [-0.39, 0.29) is 0 Å². The van der Waals surface area contributed by atoms with Crippen LogP contribution in [0.2, 0.25) is 0 Å². The Morgan fingerprint density at radius 1 is 1.33 bits per heavy atom. The molecule has 0 aromatic heterocycles. The molecule has 1 heteroatoms. The Labute approximate surface area is 77.9 Å². The van der Waals surface area contributed by atoms with Crippen molar-refractivity contribution < 1.29 is 0 Å². The first-order valence-electron chi connectivity index (χ1n) is 5.43. The summed E-state index contributed by atoms with van der Waals surface area (Å²) in [4.78, 5) is 0. The van der Waals surface area contributed by atoms with Gasteiger partial charge in [0.15, 0.2) is 0 Å². The van der Waals surface area contributed by atoms with E-state index in [0.717, 1.165) is 11.8 Å². The maximum atomic E-state index is 3.42. The van der Waals surface area contributed by atoms with Crippen molar-refractivity contribution in [1.82, 2.24) is 5.32 Å². The third-order valence-electron chi connectivity index (χ3n) is 2.28. The summed E-state index contributed by atoms with van der Waals surface area (Å²) in [6.45, 7) is 11.4. The first-order chi connectivity index (χ1) is 5.72. The average Bonchev–Trinajstić information content (AvgIpc) is 2.07. The zero-order valence-electron chi connectivity index (χ0n) is 9.19. The van der Waals surface area contributed by atoms with Crippen LogP contribution in [0, 0.1) is 11.8 Å². The van der Waals surface area contributed by atoms with Crippen LogP contribution in [0.4, 0.5) is 0 Å². The van der Waals surface area contributed by atoms with Crippen LogP contribution in [0.15, 0.2) is 0 Å². The van der Waals surface area contributed by atoms with E-state index in [4.69, 9.17) is 0 Å². The van der Waals surface area contributed by atoms with Gasteiger partial charge in [-0.15, -0.1) is 0 Å². The van der Waals surface area contributed by atoms with Crippen molar-refractivity contribution in [3.05, 3.63) is 0 Å². The van der Waals surface area contributed by atoms with Gasteiger partial charge in [-0.1, -0.05) is 34.1 Å². The van der Waals surface area contributed by atoms with Gasteiger partial charge in [-0.2, -0.15) is 0 Å². The van der Waals surface area contributed by atoms with E-state index in [0.29, 0.717) is 0 Å². The minimum absolute atomic E-state index is 0.873. The molecule has 0 aliphatic carbocycles. The van der Waals surface area contributed by atoms with Crippen LogP contribution in [0.1, 0.15) is 47.0 Å². The molecular formula is C11H25N. The summed E-state index contributed by atoms with van der Waals surface area (Å²) in [5.41, 5.74) is 0. The molecule has 1 rings (SSSR count). The van der Waals surface area contributed by atoms with Crippen LogP contribution in [0.3, 0.4) is 0 Å². The number of piperidine rings is 1. The molecule has 1 fully saturated rings. The normalized spacial score (nSPS) is 23.2. The highest BCUT2D eigenvalue weighted by Crippen LogP contribution is 2.18. The Morgan fingerprint density at radius 2 is 1.92 bits per heavy atom. The predicted octanol–water partition coefficient (Wildman–Crippen LogP) is 3.06. The maximum Gasteiger partial charge on any atom is -0.00181 e. The zero-order chi connectivity index (χ0) is 9.40. The van der Waals surface area contributed by atoms with Gasteiger partial charge in [0, 0.05) is 0 Å². The molecule has 1 aliphatic rings. The summed E-state index contributed by atoms with van der Waals surface area (Å²) < 4.78 is 0. The van der Waals surface area contributed by atoms with Crippen LogP contribution in [-0.2, 0) is 0 Å². The lowest BCUT2D eigenvalue weighted by Crippen LogP contribution is -2.32. The molecule has 0 aromatic rings. The Bertz CT molecular complexity index is 83.0. The molecule has 1 aliphatic heterocycles. The van der Waals surface area contributed by atoms with Gasteiger partial charge in [-0.25, -0.2) is 0 Å². The molecule has 74 valence electrons. The molecule has 0 radical (unpaired) electrons. The van der Waals surface area contributed by atoms with Gasteiger partial charge < -0.3 is 5.32 Å². The Kier molecular flexibility index (Phi) is 7.58. The lowest BCUT2D eigenvalue weighted by Gasteiger charge is -2.25. The minimum Gasteiger partial charge on any atom is -0.316 e. The lowest BCUT2D eigenvalue weighted by atomic mass is 9.89. The second kappa shape index (κ2) is 7.60. The van der Waals surface area contributed by atoms with Gasteiger partial charge in [0.2, 0.25) is 0 Å². The van der Waals surface area contributed by atoms with E-state index in [9.17, 15) is 0 Å². The first kappa shape index (κ1) is 12.0. The molecule has 1 atom stereocenters. The second-order valence-corrected chi connectivity index (χ2v) is 4.06. The molecule has 1 nitrogen and oxygen atoms in total. The summed E-state index contributed by atoms with van der Waals surface area (Å²) in [6, 6.07) is 0. The van der Waals surface area contributed by atoms with Crippen LogP contribution in [-0.4, -0.2) is 13.1 Å². The smallest absolute Gasteiger partial charge is 0.00181 e. The highest BCUT2D eigenvalue weighted by Gasteiger charge is 2.15. The van der Waals surface area contributed by atoms with Gasteiger partial charge in [-0.3, -0.25) is 0 Å². The van der Waals surface area contributed by atoms with Crippen molar-refractivity contribution >= 4 is 0 Å². The standard InChI is InChI=1S/C8H17N.C3H8/c1-7(2)8-4-3-5-9-6-8;1-3-2/h7-9H,3-6H2,1-2H3;3H2,1-2H3. The molecule has 0 amide bonds. The largest absolute Gasteiger partial charge is 0.316 e. The van der Waals surface area contributed by atoms with E-state index in [1.807, 2.05) is 0 Å². The molecule has 0 bridgehead atoms. The first-order valence-corrected chi connectivity index (χ1v) is 5.43. The van der Waals surface area contributed by atoms with Gasteiger partial charge >= 0.3 is 0 Å². The molecule has 1 saturated heterocycles.